The number of oxime groups is 1. The number of aryl methyl sites for hydroxylation is 1. The van der Waals surface area contributed by atoms with Crippen LogP contribution in [0.1, 0.15) is 23.1 Å². The smallest absolute Gasteiger partial charge is 0.170 e. The van der Waals surface area contributed by atoms with E-state index in [1.165, 1.54) is 0 Å². The summed E-state index contributed by atoms with van der Waals surface area (Å²) in [6.07, 6.45) is 0.670. The van der Waals surface area contributed by atoms with Gasteiger partial charge in [-0.05, 0) is 30.5 Å². The van der Waals surface area contributed by atoms with Crippen LogP contribution in [0.25, 0.3) is 0 Å². The second kappa shape index (κ2) is 5.80. The Morgan fingerprint density at radius 1 is 1.55 bits per heavy atom. The third-order valence-electron chi connectivity index (χ3n) is 3.56. The molecule has 0 radical (unpaired) electrons. The summed E-state index contributed by atoms with van der Waals surface area (Å²) < 4.78 is 22.8. The molecule has 4 N–H and O–H groups in total. The van der Waals surface area contributed by atoms with Crippen LogP contribution in [0.4, 0.5) is 0 Å². The standard InChI is InChI=1S/C13H19N3O3S/c1-9-6-10(13(14)16-17)2-3-11(9)7-15-12-4-5-20(18,19)8-12/h2-3,6,12,15,17H,4-5,7-8H2,1H3,(H2,14,16). The molecule has 0 amide bonds. The minimum Gasteiger partial charge on any atom is -0.409 e. The highest BCUT2D eigenvalue weighted by Crippen LogP contribution is 2.14. The highest BCUT2D eigenvalue weighted by Gasteiger charge is 2.27. The van der Waals surface area contributed by atoms with Crippen molar-refractivity contribution in [2.75, 3.05) is 11.5 Å². The predicted molar refractivity (Wildman–Crippen MR) is 77.6 cm³/mol. The number of hydrogen-bond acceptors (Lipinski definition) is 5. The minimum atomic E-state index is -2.85. The number of benzene rings is 1. The molecule has 1 aromatic carbocycles. The highest BCUT2D eigenvalue weighted by atomic mass is 32.2. The van der Waals surface area contributed by atoms with Gasteiger partial charge in [-0.25, -0.2) is 8.42 Å². The highest BCUT2D eigenvalue weighted by molar-refractivity contribution is 7.91. The molecule has 1 aromatic rings. The Bertz CT molecular complexity index is 626. The van der Waals surface area contributed by atoms with Gasteiger partial charge in [-0.15, -0.1) is 0 Å². The van der Waals surface area contributed by atoms with Crippen LogP contribution in [0, 0.1) is 6.92 Å². The maximum atomic E-state index is 11.4. The Morgan fingerprint density at radius 2 is 2.30 bits per heavy atom. The lowest BCUT2D eigenvalue weighted by Gasteiger charge is -2.13. The van der Waals surface area contributed by atoms with Gasteiger partial charge in [0.25, 0.3) is 0 Å². The summed E-state index contributed by atoms with van der Waals surface area (Å²) in [4.78, 5) is 0. The second-order valence-corrected chi connectivity index (χ2v) is 7.34. The zero-order valence-corrected chi connectivity index (χ0v) is 12.2. The minimum absolute atomic E-state index is 0.0307. The van der Waals surface area contributed by atoms with Gasteiger partial charge in [0.2, 0.25) is 0 Å². The van der Waals surface area contributed by atoms with Crippen LogP contribution in [-0.2, 0) is 16.4 Å². The molecule has 1 heterocycles. The van der Waals surface area contributed by atoms with Crippen molar-refractivity contribution in [2.24, 2.45) is 10.9 Å². The largest absolute Gasteiger partial charge is 0.409 e. The van der Waals surface area contributed by atoms with Crippen molar-refractivity contribution in [3.05, 3.63) is 34.9 Å². The van der Waals surface area contributed by atoms with Crippen molar-refractivity contribution in [2.45, 2.75) is 25.9 Å². The lowest BCUT2D eigenvalue weighted by Crippen LogP contribution is -2.29. The van der Waals surface area contributed by atoms with Crippen LogP contribution in [0.5, 0.6) is 0 Å². The van der Waals surface area contributed by atoms with Gasteiger partial charge in [0.15, 0.2) is 15.7 Å². The molecule has 0 bridgehead atoms. The number of nitrogens with one attached hydrogen (secondary N) is 1. The van der Waals surface area contributed by atoms with Crippen LogP contribution < -0.4 is 11.1 Å². The Labute approximate surface area is 118 Å². The van der Waals surface area contributed by atoms with E-state index in [0.717, 1.165) is 11.1 Å². The Hall–Kier alpha value is -1.60. The predicted octanol–water partition coefficient (Wildman–Crippen LogP) is 0.366. The number of sulfone groups is 1. The third-order valence-corrected chi connectivity index (χ3v) is 5.33. The van der Waals surface area contributed by atoms with E-state index in [9.17, 15) is 8.42 Å². The lowest BCUT2D eigenvalue weighted by atomic mass is 10.0. The molecular weight excluding hydrogens is 278 g/mol. The SMILES string of the molecule is Cc1cc(/C(N)=N/O)ccc1CNC1CCS(=O)(=O)C1. The topological polar surface area (TPSA) is 105 Å². The summed E-state index contributed by atoms with van der Waals surface area (Å²) in [6.45, 7) is 2.55. The summed E-state index contributed by atoms with van der Waals surface area (Å²) in [5.74, 6) is 0.565. The zero-order chi connectivity index (χ0) is 14.8. The molecule has 0 saturated carbocycles. The summed E-state index contributed by atoms with van der Waals surface area (Å²) in [7, 11) is -2.85. The Balaban J connectivity index is 2.00. The molecule has 0 aromatic heterocycles. The average Bonchev–Trinajstić information content (AvgIpc) is 2.76. The third kappa shape index (κ3) is 3.49. The molecule has 2 rings (SSSR count). The molecule has 1 aliphatic heterocycles. The van der Waals surface area contributed by atoms with Gasteiger partial charge in [-0.1, -0.05) is 17.3 Å². The van der Waals surface area contributed by atoms with Crippen molar-refractivity contribution in [3.63, 3.8) is 0 Å². The normalized spacial score (nSPS) is 22.1. The summed E-state index contributed by atoms with van der Waals surface area (Å²) in [5, 5.41) is 14.9. The van der Waals surface area contributed by atoms with Gasteiger partial charge in [-0.3, -0.25) is 0 Å². The van der Waals surface area contributed by atoms with Gasteiger partial charge in [0.1, 0.15) is 0 Å². The summed E-state index contributed by atoms with van der Waals surface area (Å²) >= 11 is 0. The van der Waals surface area contributed by atoms with Crippen LogP contribution >= 0.6 is 0 Å². The Kier molecular flexibility index (Phi) is 4.29. The fraction of sp³-hybridized carbons (Fsp3) is 0.462. The van der Waals surface area contributed by atoms with E-state index in [0.29, 0.717) is 18.5 Å². The van der Waals surface area contributed by atoms with Crippen LogP contribution in [0.15, 0.2) is 23.4 Å². The maximum Gasteiger partial charge on any atom is 0.170 e. The van der Waals surface area contributed by atoms with Gasteiger partial charge in [0.05, 0.1) is 11.5 Å². The maximum absolute atomic E-state index is 11.4. The van der Waals surface area contributed by atoms with Gasteiger partial charge >= 0.3 is 0 Å². The van der Waals surface area contributed by atoms with E-state index in [-0.39, 0.29) is 23.4 Å². The van der Waals surface area contributed by atoms with Crippen LogP contribution in [0.3, 0.4) is 0 Å². The first-order chi connectivity index (χ1) is 9.41. The molecule has 1 unspecified atom stereocenters. The van der Waals surface area contributed by atoms with E-state index >= 15 is 0 Å². The first-order valence-corrected chi connectivity index (χ1v) is 8.24. The van der Waals surface area contributed by atoms with Crippen LogP contribution in [-0.4, -0.2) is 37.0 Å². The number of hydrogen-bond donors (Lipinski definition) is 3. The van der Waals surface area contributed by atoms with Crippen molar-refractivity contribution < 1.29 is 13.6 Å². The number of nitrogens with zero attached hydrogens (tertiary/aromatic N) is 1. The Morgan fingerprint density at radius 3 is 2.85 bits per heavy atom. The van der Waals surface area contributed by atoms with Gasteiger partial charge in [-0.2, -0.15) is 0 Å². The lowest BCUT2D eigenvalue weighted by molar-refractivity contribution is 0.318. The molecule has 0 spiro atoms. The molecule has 1 aliphatic rings. The number of amidine groups is 1. The first kappa shape index (κ1) is 14.8. The first-order valence-electron chi connectivity index (χ1n) is 6.42. The fourth-order valence-corrected chi connectivity index (χ4v) is 4.03. The van der Waals surface area contributed by atoms with Crippen molar-refractivity contribution >= 4 is 15.7 Å². The van der Waals surface area contributed by atoms with E-state index in [1.807, 2.05) is 19.1 Å². The molecule has 1 atom stereocenters. The number of nitrogens with two attached hydrogens (primary N) is 1. The van der Waals surface area contributed by atoms with E-state index in [4.69, 9.17) is 10.9 Å². The molecule has 1 fully saturated rings. The number of rotatable bonds is 4. The van der Waals surface area contributed by atoms with Crippen molar-refractivity contribution in [3.8, 4) is 0 Å². The van der Waals surface area contributed by atoms with Crippen molar-refractivity contribution in [1.29, 1.82) is 0 Å². The van der Waals surface area contributed by atoms with Crippen LogP contribution in [0.2, 0.25) is 0 Å². The van der Waals surface area contributed by atoms with Crippen molar-refractivity contribution in [1.82, 2.24) is 5.32 Å². The van der Waals surface area contributed by atoms with E-state index < -0.39 is 9.84 Å². The molecule has 110 valence electrons. The fourth-order valence-electron chi connectivity index (χ4n) is 2.32. The molecular formula is C13H19N3O3S. The van der Waals surface area contributed by atoms with Gasteiger partial charge < -0.3 is 16.3 Å². The quantitative estimate of drug-likeness (QED) is 0.322. The zero-order valence-electron chi connectivity index (χ0n) is 11.3. The monoisotopic (exact) mass is 297 g/mol. The average molecular weight is 297 g/mol. The molecule has 7 heteroatoms. The van der Waals surface area contributed by atoms with E-state index in [1.54, 1.807) is 6.07 Å². The second-order valence-electron chi connectivity index (χ2n) is 5.11. The van der Waals surface area contributed by atoms with E-state index in [2.05, 4.69) is 10.5 Å². The molecule has 1 saturated heterocycles. The summed E-state index contributed by atoms with van der Waals surface area (Å²) in [5.41, 5.74) is 8.29. The van der Waals surface area contributed by atoms with Gasteiger partial charge in [0, 0.05) is 18.2 Å². The molecule has 20 heavy (non-hydrogen) atoms. The molecule has 6 nitrogen and oxygen atoms in total. The molecule has 0 aliphatic carbocycles. The summed E-state index contributed by atoms with van der Waals surface area (Å²) in [6, 6.07) is 5.56.